The highest BCUT2D eigenvalue weighted by Gasteiger charge is 2.02. The molecule has 2 rings (SSSR count). The molecule has 3 nitrogen and oxygen atoms in total. The predicted molar refractivity (Wildman–Crippen MR) is 150 cm³/mol. The van der Waals surface area contributed by atoms with Crippen molar-refractivity contribution in [2.45, 2.75) is 117 Å². The molecular formula is C28H46Cl3N3. The molecule has 1 aromatic heterocycles. The molecule has 0 radical (unpaired) electrons. The number of nitrogens with one attached hydrogen (secondary N) is 1. The van der Waals surface area contributed by atoms with E-state index in [-0.39, 0.29) is 0 Å². The van der Waals surface area contributed by atoms with E-state index >= 15 is 0 Å². The minimum absolute atomic E-state index is 0.417. The monoisotopic (exact) mass is 529 g/mol. The molecular weight excluding hydrogens is 485 g/mol. The Morgan fingerprint density at radius 1 is 0.735 bits per heavy atom. The van der Waals surface area contributed by atoms with Crippen molar-refractivity contribution in [2.75, 3.05) is 0 Å². The molecule has 0 aliphatic heterocycles. The molecule has 0 saturated carbocycles. The highest BCUT2D eigenvalue weighted by molar-refractivity contribution is 6.50. The summed E-state index contributed by atoms with van der Waals surface area (Å²) in [5, 5.41) is 0. The summed E-state index contributed by atoms with van der Waals surface area (Å²) in [4.78, 5) is 8.05. The van der Waals surface area contributed by atoms with Gasteiger partial charge in [0.2, 0.25) is 0 Å². The molecule has 1 heterocycles. The molecule has 0 fully saturated rings. The van der Waals surface area contributed by atoms with Crippen molar-refractivity contribution in [1.29, 1.82) is 0 Å². The van der Waals surface area contributed by atoms with Crippen LogP contribution in [0.1, 0.15) is 121 Å². The molecule has 6 heteroatoms. The molecule has 0 spiro atoms. The Bertz CT molecular complexity index is 686. The summed E-state index contributed by atoms with van der Waals surface area (Å²) in [6.07, 6.45) is 23.9. The highest BCUT2D eigenvalue weighted by Crippen LogP contribution is 2.15. The summed E-state index contributed by atoms with van der Waals surface area (Å²) in [7, 11) is 0. The van der Waals surface area contributed by atoms with Gasteiger partial charge >= 0.3 is 0 Å². The number of halogens is 3. The summed E-state index contributed by atoms with van der Waals surface area (Å²) < 4.78 is 0.417. The zero-order valence-corrected chi connectivity index (χ0v) is 23.7. The predicted octanol–water partition coefficient (Wildman–Crippen LogP) is 10.4. The molecule has 1 aromatic carbocycles. The number of aryl methyl sites for hydroxylation is 1. The van der Waals surface area contributed by atoms with Crippen LogP contribution in [0, 0.1) is 5.92 Å². The van der Waals surface area contributed by atoms with Gasteiger partial charge < -0.3 is 4.98 Å². The van der Waals surface area contributed by atoms with Crippen LogP contribution in [-0.2, 0) is 12.8 Å². The number of hydrogen-bond donors (Lipinski definition) is 1. The fraction of sp³-hybridized carbons (Fsp3) is 0.679. The molecule has 0 atom stereocenters. The van der Waals surface area contributed by atoms with Crippen molar-refractivity contribution in [1.82, 2.24) is 13.4 Å². The van der Waals surface area contributed by atoms with Gasteiger partial charge in [-0.2, -0.15) is 0 Å². The van der Waals surface area contributed by atoms with Gasteiger partial charge in [-0.05, 0) is 27.8 Å². The number of nitrogens with zero attached hydrogens (tertiary/aromatic N) is 2. The summed E-state index contributed by atoms with van der Waals surface area (Å²) in [6, 6.07) is 10.6. The second kappa shape index (κ2) is 21.5. The number of hydrogen-bond acceptors (Lipinski definition) is 2. The van der Waals surface area contributed by atoms with Crippen LogP contribution in [0.5, 0.6) is 0 Å². The Morgan fingerprint density at radius 3 is 1.71 bits per heavy atom. The number of unbranched alkanes of at least 4 members (excludes halogenated alkanes) is 12. The van der Waals surface area contributed by atoms with Crippen LogP contribution < -0.4 is 0 Å². The Morgan fingerprint density at radius 2 is 1.21 bits per heavy atom. The summed E-state index contributed by atoms with van der Waals surface area (Å²) in [6.45, 7) is 4.67. The molecule has 194 valence electrons. The van der Waals surface area contributed by atoms with Gasteiger partial charge in [-0.3, -0.25) is 0 Å². The van der Waals surface area contributed by atoms with Crippen LogP contribution in [0.3, 0.4) is 0 Å². The lowest BCUT2D eigenvalue weighted by atomic mass is 10.0. The zero-order valence-electron chi connectivity index (χ0n) is 21.4. The zero-order chi connectivity index (χ0) is 24.9. The Kier molecular flexibility index (Phi) is 19.8. The number of aromatic nitrogens is 2. The summed E-state index contributed by atoms with van der Waals surface area (Å²) in [5.41, 5.74) is 2.62. The third-order valence-corrected chi connectivity index (χ3v) is 6.12. The fourth-order valence-corrected chi connectivity index (χ4v) is 4.22. The van der Waals surface area contributed by atoms with Crippen molar-refractivity contribution in [3.05, 3.63) is 53.6 Å². The van der Waals surface area contributed by atoms with Gasteiger partial charge in [0.15, 0.2) is 0 Å². The van der Waals surface area contributed by atoms with E-state index in [2.05, 4.69) is 89.5 Å². The van der Waals surface area contributed by atoms with E-state index in [1.165, 1.54) is 101 Å². The van der Waals surface area contributed by atoms with Crippen molar-refractivity contribution in [3.63, 3.8) is 0 Å². The van der Waals surface area contributed by atoms with Gasteiger partial charge in [-0.1, -0.05) is 128 Å². The number of aromatic amines is 1. The van der Waals surface area contributed by atoms with E-state index in [0.717, 1.165) is 24.6 Å². The van der Waals surface area contributed by atoms with Crippen LogP contribution in [0.25, 0.3) is 0 Å². The van der Waals surface area contributed by atoms with E-state index in [1.54, 1.807) is 0 Å². The normalized spacial score (nSPS) is 11.1. The van der Waals surface area contributed by atoms with Gasteiger partial charge in [-0.15, -0.1) is 0 Å². The molecule has 1 N–H and O–H groups in total. The smallest absolute Gasteiger partial charge is 0.110 e. The van der Waals surface area contributed by atoms with Gasteiger partial charge in [0, 0.05) is 53.6 Å². The van der Waals surface area contributed by atoms with Crippen LogP contribution in [0.4, 0.5) is 0 Å². The first-order chi connectivity index (χ1) is 16.5. The second-order valence-electron chi connectivity index (χ2n) is 9.74. The maximum Gasteiger partial charge on any atom is 0.110 e. The minimum Gasteiger partial charge on any atom is -0.346 e. The lowest BCUT2D eigenvalue weighted by Crippen LogP contribution is -1.91. The fourth-order valence-electron chi connectivity index (χ4n) is 4.22. The third kappa shape index (κ3) is 19.6. The second-order valence-corrected chi connectivity index (χ2v) is 11.3. The maximum absolute atomic E-state index is 4.64. The average Bonchev–Trinajstić information content (AvgIpc) is 3.23. The molecule has 0 aliphatic carbocycles. The van der Waals surface area contributed by atoms with Crippen molar-refractivity contribution < 1.29 is 0 Å². The van der Waals surface area contributed by atoms with Gasteiger partial charge in [0.25, 0.3) is 0 Å². The van der Waals surface area contributed by atoms with Crippen molar-refractivity contribution in [2.24, 2.45) is 5.92 Å². The van der Waals surface area contributed by atoms with Gasteiger partial charge in [0.1, 0.15) is 5.82 Å². The number of benzene rings is 1. The standard InChI is InChI=1S/C28H46N2.Cl3N/c1-25(2)19-15-12-10-8-6-4-3-5-7-9-11-13-18-22-27-24-29-28(30-27)23-26-20-16-14-17-21-26;1-4(2)3/h14,16-17,20-21,24-25H,3-13,15,18-19,22-23H2,1-2H3,(H,29,30);. The minimum atomic E-state index is 0.417. The molecule has 0 unspecified atom stereocenters. The summed E-state index contributed by atoms with van der Waals surface area (Å²) in [5.74, 6) is 1.97. The van der Waals surface area contributed by atoms with Crippen LogP contribution in [0.2, 0.25) is 0 Å². The average molecular weight is 531 g/mol. The SMILES string of the molecule is CC(C)CCCCCCCCCCCCCCCc1cnc(Cc2ccccc2)[nH]1.ClN(Cl)Cl. The lowest BCUT2D eigenvalue weighted by Gasteiger charge is -2.05. The number of H-pyrrole nitrogens is 1. The molecule has 34 heavy (non-hydrogen) atoms. The van der Waals surface area contributed by atoms with E-state index in [0.29, 0.717) is 3.46 Å². The third-order valence-electron chi connectivity index (χ3n) is 6.12. The first kappa shape index (κ1) is 31.3. The molecule has 0 bridgehead atoms. The quantitative estimate of drug-likeness (QED) is 0.153. The Balaban J connectivity index is 0.00000133. The van der Waals surface area contributed by atoms with Crippen LogP contribution in [-0.4, -0.2) is 13.4 Å². The highest BCUT2D eigenvalue weighted by atomic mass is 35.6. The molecule has 0 aliphatic rings. The number of rotatable bonds is 18. The largest absolute Gasteiger partial charge is 0.346 e. The lowest BCUT2D eigenvalue weighted by molar-refractivity contribution is 0.502. The maximum atomic E-state index is 4.64. The Hall–Kier alpha value is -0.740. The van der Waals surface area contributed by atoms with Crippen LogP contribution in [0.15, 0.2) is 36.5 Å². The van der Waals surface area contributed by atoms with E-state index in [1.807, 2.05) is 6.20 Å². The Labute approximate surface area is 224 Å². The topological polar surface area (TPSA) is 31.9 Å². The van der Waals surface area contributed by atoms with Crippen molar-refractivity contribution >= 4 is 35.3 Å². The van der Waals surface area contributed by atoms with Gasteiger partial charge in [-0.25, -0.2) is 4.98 Å². The van der Waals surface area contributed by atoms with Gasteiger partial charge in [0.05, 0.1) is 0 Å². The first-order valence-electron chi connectivity index (χ1n) is 13.3. The van der Waals surface area contributed by atoms with E-state index in [9.17, 15) is 0 Å². The van der Waals surface area contributed by atoms with Crippen LogP contribution >= 0.6 is 35.3 Å². The molecule has 0 saturated heterocycles. The molecule has 2 aromatic rings. The summed E-state index contributed by atoms with van der Waals surface area (Å²) >= 11 is 13.9. The molecule has 0 amide bonds. The van der Waals surface area contributed by atoms with Crippen molar-refractivity contribution in [3.8, 4) is 0 Å². The number of imidazole rings is 1. The van der Waals surface area contributed by atoms with E-state index in [4.69, 9.17) is 0 Å². The first-order valence-corrected chi connectivity index (χ1v) is 14.3. The van der Waals surface area contributed by atoms with E-state index < -0.39 is 0 Å².